The van der Waals surface area contributed by atoms with Gasteiger partial charge in [-0.1, -0.05) is 13.0 Å². The Hall–Kier alpha value is -2.35. The van der Waals surface area contributed by atoms with Crippen molar-refractivity contribution in [2.24, 2.45) is 0 Å². The smallest absolute Gasteiger partial charge is 0.140 e. The van der Waals surface area contributed by atoms with Crippen LogP contribution < -0.4 is 5.73 Å². The Morgan fingerprint density at radius 2 is 2.16 bits per heavy atom. The first-order valence-electron chi connectivity index (χ1n) is 6.31. The fourth-order valence-corrected chi connectivity index (χ4v) is 1.90. The van der Waals surface area contributed by atoms with Gasteiger partial charge in [-0.2, -0.15) is 10.4 Å². The number of aromatic nitrogens is 3. The molecule has 0 aromatic carbocycles. The maximum atomic E-state index is 9.25. The van der Waals surface area contributed by atoms with E-state index < -0.39 is 0 Å². The number of hydrogen-bond acceptors (Lipinski definition) is 4. The van der Waals surface area contributed by atoms with Crippen molar-refractivity contribution >= 4 is 5.82 Å². The van der Waals surface area contributed by atoms with Gasteiger partial charge in [-0.25, -0.2) is 4.68 Å². The molecule has 0 unspecified atom stereocenters. The van der Waals surface area contributed by atoms with Crippen molar-refractivity contribution in [1.82, 2.24) is 14.8 Å². The lowest BCUT2D eigenvalue weighted by Gasteiger charge is -2.06. The summed E-state index contributed by atoms with van der Waals surface area (Å²) in [6.45, 7) is 6.02. The third-order valence-corrected chi connectivity index (χ3v) is 3.02. The van der Waals surface area contributed by atoms with Crippen LogP contribution in [-0.4, -0.2) is 14.8 Å². The van der Waals surface area contributed by atoms with E-state index >= 15 is 0 Å². The van der Waals surface area contributed by atoms with Gasteiger partial charge in [-0.05, 0) is 31.9 Å². The van der Waals surface area contributed by atoms with E-state index in [0.717, 1.165) is 12.0 Å². The van der Waals surface area contributed by atoms with Crippen molar-refractivity contribution in [3.8, 4) is 17.5 Å². The molecule has 0 aliphatic carbocycles. The molecule has 0 fully saturated rings. The summed E-state index contributed by atoms with van der Waals surface area (Å²) in [6, 6.07) is 6.10. The zero-order chi connectivity index (χ0) is 14.0. The Balaban J connectivity index is 2.55. The number of nitriles is 1. The predicted octanol–water partition coefficient (Wildman–Crippen LogP) is 2.54. The number of aryl methyl sites for hydroxylation is 1. The molecule has 0 aliphatic heterocycles. The summed E-state index contributed by atoms with van der Waals surface area (Å²) in [5.74, 6) is 0.397. The molecule has 2 heterocycles. The Labute approximate surface area is 112 Å². The van der Waals surface area contributed by atoms with Crippen LogP contribution in [0, 0.1) is 11.3 Å². The predicted molar refractivity (Wildman–Crippen MR) is 74.3 cm³/mol. The Morgan fingerprint density at radius 3 is 2.63 bits per heavy atom. The van der Waals surface area contributed by atoms with E-state index in [4.69, 9.17) is 5.73 Å². The highest BCUT2D eigenvalue weighted by atomic mass is 15.3. The molecule has 0 bridgehead atoms. The molecule has 5 nitrogen and oxygen atoms in total. The van der Waals surface area contributed by atoms with Gasteiger partial charge in [-0.3, -0.25) is 4.98 Å². The molecular weight excluding hydrogens is 238 g/mol. The minimum Gasteiger partial charge on any atom is -0.383 e. The lowest BCUT2D eigenvalue weighted by atomic mass is 10.1. The van der Waals surface area contributed by atoms with Crippen LogP contribution in [0.15, 0.2) is 18.3 Å². The topological polar surface area (TPSA) is 80.5 Å². The molecule has 0 aliphatic rings. The summed E-state index contributed by atoms with van der Waals surface area (Å²) in [5.41, 5.74) is 8.74. The van der Waals surface area contributed by atoms with Crippen LogP contribution in [0.3, 0.4) is 0 Å². The van der Waals surface area contributed by atoms with E-state index in [-0.39, 0.29) is 6.04 Å². The average molecular weight is 255 g/mol. The van der Waals surface area contributed by atoms with E-state index in [9.17, 15) is 5.26 Å². The highest BCUT2D eigenvalue weighted by molar-refractivity contribution is 5.70. The number of nitrogens with two attached hydrogens (primary N) is 1. The van der Waals surface area contributed by atoms with Gasteiger partial charge in [0.15, 0.2) is 0 Å². The second kappa shape index (κ2) is 5.11. The Bertz CT molecular complexity index is 617. The first kappa shape index (κ1) is 13.1. The van der Waals surface area contributed by atoms with Crippen molar-refractivity contribution in [2.45, 2.75) is 33.2 Å². The summed E-state index contributed by atoms with van der Waals surface area (Å²) in [6.07, 6.45) is 2.74. The van der Waals surface area contributed by atoms with E-state index in [2.05, 4.69) is 23.1 Å². The third-order valence-electron chi connectivity index (χ3n) is 3.02. The first-order valence-corrected chi connectivity index (χ1v) is 6.31. The summed E-state index contributed by atoms with van der Waals surface area (Å²) in [4.78, 5) is 4.36. The quantitative estimate of drug-likeness (QED) is 0.913. The zero-order valence-corrected chi connectivity index (χ0v) is 11.4. The first-order chi connectivity index (χ1) is 9.08. The number of nitrogens with zero attached hydrogens (tertiary/aromatic N) is 4. The van der Waals surface area contributed by atoms with Crippen molar-refractivity contribution in [2.75, 3.05) is 5.73 Å². The molecule has 5 heteroatoms. The molecule has 2 aromatic heterocycles. The second-order valence-corrected chi connectivity index (χ2v) is 4.66. The standard InChI is InChI=1S/C14H17N5/c1-4-10-5-6-12(17-8-10)13-11(7-15)14(16)19(18-13)9(2)3/h5-6,8-9H,4,16H2,1-3H3. The normalized spacial score (nSPS) is 10.7. The maximum Gasteiger partial charge on any atom is 0.140 e. The average Bonchev–Trinajstić information content (AvgIpc) is 2.76. The van der Waals surface area contributed by atoms with E-state index in [1.165, 1.54) is 0 Å². The van der Waals surface area contributed by atoms with Crippen LogP contribution in [0.4, 0.5) is 5.82 Å². The number of nitrogen functional groups attached to an aromatic ring is 1. The molecule has 0 saturated carbocycles. The fraction of sp³-hybridized carbons (Fsp3) is 0.357. The highest BCUT2D eigenvalue weighted by Gasteiger charge is 2.19. The molecule has 2 N–H and O–H groups in total. The molecular formula is C14H17N5. The number of rotatable bonds is 3. The minimum atomic E-state index is 0.107. The van der Waals surface area contributed by atoms with Crippen LogP contribution in [-0.2, 0) is 6.42 Å². The third kappa shape index (κ3) is 2.29. The fourth-order valence-electron chi connectivity index (χ4n) is 1.90. The number of pyridine rings is 1. The second-order valence-electron chi connectivity index (χ2n) is 4.66. The van der Waals surface area contributed by atoms with Gasteiger partial charge >= 0.3 is 0 Å². The van der Waals surface area contributed by atoms with Crippen molar-refractivity contribution in [3.05, 3.63) is 29.5 Å². The van der Waals surface area contributed by atoms with Crippen LogP contribution in [0.2, 0.25) is 0 Å². The summed E-state index contributed by atoms with van der Waals surface area (Å²) in [7, 11) is 0. The summed E-state index contributed by atoms with van der Waals surface area (Å²) in [5, 5.41) is 13.7. The summed E-state index contributed by atoms with van der Waals surface area (Å²) >= 11 is 0. The lowest BCUT2D eigenvalue weighted by molar-refractivity contribution is 0.542. The van der Waals surface area contributed by atoms with Crippen molar-refractivity contribution in [1.29, 1.82) is 5.26 Å². The van der Waals surface area contributed by atoms with Gasteiger partial charge in [0.25, 0.3) is 0 Å². The van der Waals surface area contributed by atoms with Crippen LogP contribution in [0.5, 0.6) is 0 Å². The molecule has 2 aromatic rings. The highest BCUT2D eigenvalue weighted by Crippen LogP contribution is 2.27. The van der Waals surface area contributed by atoms with E-state index in [1.807, 2.05) is 26.0 Å². The Morgan fingerprint density at radius 1 is 1.42 bits per heavy atom. The molecule has 98 valence electrons. The van der Waals surface area contributed by atoms with Crippen molar-refractivity contribution < 1.29 is 0 Å². The number of hydrogen-bond donors (Lipinski definition) is 1. The van der Waals surface area contributed by atoms with Crippen LogP contribution in [0.1, 0.15) is 37.9 Å². The van der Waals surface area contributed by atoms with E-state index in [1.54, 1.807) is 10.9 Å². The SMILES string of the molecule is CCc1ccc(-c2nn(C(C)C)c(N)c2C#N)nc1. The van der Waals surface area contributed by atoms with Crippen LogP contribution in [0.25, 0.3) is 11.4 Å². The molecule has 19 heavy (non-hydrogen) atoms. The number of anilines is 1. The van der Waals surface area contributed by atoms with Gasteiger partial charge in [0, 0.05) is 12.2 Å². The molecule has 0 radical (unpaired) electrons. The zero-order valence-electron chi connectivity index (χ0n) is 11.4. The molecule has 0 spiro atoms. The van der Waals surface area contributed by atoms with Gasteiger partial charge in [0.2, 0.25) is 0 Å². The van der Waals surface area contributed by atoms with Crippen molar-refractivity contribution in [3.63, 3.8) is 0 Å². The molecule has 0 saturated heterocycles. The molecule has 0 atom stereocenters. The van der Waals surface area contributed by atoms with Crippen LogP contribution >= 0.6 is 0 Å². The lowest BCUT2D eigenvalue weighted by Crippen LogP contribution is -2.07. The van der Waals surface area contributed by atoms with Gasteiger partial charge in [0.1, 0.15) is 23.1 Å². The maximum absolute atomic E-state index is 9.25. The largest absolute Gasteiger partial charge is 0.383 e. The van der Waals surface area contributed by atoms with Gasteiger partial charge in [0.05, 0.1) is 5.69 Å². The van der Waals surface area contributed by atoms with E-state index in [0.29, 0.717) is 22.8 Å². The molecule has 2 rings (SSSR count). The Kier molecular flexibility index (Phi) is 3.52. The molecule has 0 amide bonds. The minimum absolute atomic E-state index is 0.107. The summed E-state index contributed by atoms with van der Waals surface area (Å²) < 4.78 is 1.66. The van der Waals surface area contributed by atoms with Gasteiger partial charge < -0.3 is 5.73 Å². The monoisotopic (exact) mass is 255 g/mol. The van der Waals surface area contributed by atoms with Gasteiger partial charge in [-0.15, -0.1) is 0 Å².